The van der Waals surface area contributed by atoms with Gasteiger partial charge in [0.15, 0.2) is 0 Å². The number of hydrogen-bond acceptors (Lipinski definition) is 2. The lowest BCUT2D eigenvalue weighted by Gasteiger charge is -2.24. The third-order valence-corrected chi connectivity index (χ3v) is 6.84. The van der Waals surface area contributed by atoms with Gasteiger partial charge in [0.25, 0.3) is 0 Å². The minimum atomic E-state index is 0.0434. The molecular weight excluding hydrogens is 388 g/mol. The van der Waals surface area contributed by atoms with E-state index in [0.29, 0.717) is 0 Å². The maximum absolute atomic E-state index is 6.36. The molecule has 0 fully saturated rings. The van der Waals surface area contributed by atoms with Crippen LogP contribution in [-0.4, -0.2) is 9.97 Å². The van der Waals surface area contributed by atoms with Gasteiger partial charge in [-0.3, -0.25) is 0 Å². The highest BCUT2D eigenvalue weighted by atomic mass is 35.5. The minimum Gasteiger partial charge on any atom is -0.218 e. The molecule has 0 radical (unpaired) electrons. The van der Waals surface area contributed by atoms with Crippen molar-refractivity contribution < 1.29 is 0 Å². The SMILES string of the molecule is CC1(C)C2=C(CCC=C2)c2cc(-c3nc(Cl)nc4cc5ccccc5cc34)ccc21. The van der Waals surface area contributed by atoms with Crippen LogP contribution < -0.4 is 0 Å². The third-order valence-electron chi connectivity index (χ3n) is 6.67. The van der Waals surface area contributed by atoms with Crippen molar-refractivity contribution in [2.24, 2.45) is 0 Å². The van der Waals surface area contributed by atoms with Crippen molar-refractivity contribution in [1.29, 1.82) is 0 Å². The second-order valence-electron chi connectivity index (χ2n) is 8.78. The Morgan fingerprint density at radius 2 is 1.73 bits per heavy atom. The highest BCUT2D eigenvalue weighted by Gasteiger charge is 2.37. The molecule has 1 heterocycles. The van der Waals surface area contributed by atoms with E-state index in [9.17, 15) is 0 Å². The zero-order valence-electron chi connectivity index (χ0n) is 17.0. The summed E-state index contributed by atoms with van der Waals surface area (Å²) in [7, 11) is 0. The topological polar surface area (TPSA) is 25.8 Å². The molecule has 0 spiro atoms. The van der Waals surface area contributed by atoms with Crippen molar-refractivity contribution in [2.75, 3.05) is 0 Å². The van der Waals surface area contributed by atoms with Crippen molar-refractivity contribution in [3.05, 3.63) is 88.7 Å². The smallest absolute Gasteiger partial charge is 0.218 e. The van der Waals surface area contributed by atoms with Crippen LogP contribution in [-0.2, 0) is 5.41 Å². The van der Waals surface area contributed by atoms with E-state index < -0.39 is 0 Å². The number of benzene rings is 3. The molecule has 0 amide bonds. The van der Waals surface area contributed by atoms with Gasteiger partial charge in [0.05, 0.1) is 11.2 Å². The fourth-order valence-corrected chi connectivity index (χ4v) is 5.34. The molecule has 0 unspecified atom stereocenters. The summed E-state index contributed by atoms with van der Waals surface area (Å²) in [5, 5.41) is 3.66. The summed E-state index contributed by atoms with van der Waals surface area (Å²) in [4.78, 5) is 9.18. The van der Waals surface area contributed by atoms with Crippen LogP contribution in [0.3, 0.4) is 0 Å². The first kappa shape index (κ1) is 17.9. The molecule has 0 bridgehead atoms. The molecule has 2 aliphatic carbocycles. The van der Waals surface area contributed by atoms with Crippen molar-refractivity contribution in [3.8, 4) is 11.3 Å². The fraction of sp³-hybridized carbons (Fsp3) is 0.185. The van der Waals surface area contributed by atoms with Crippen LogP contribution in [0.5, 0.6) is 0 Å². The largest absolute Gasteiger partial charge is 0.223 e. The average molecular weight is 409 g/mol. The van der Waals surface area contributed by atoms with Crippen molar-refractivity contribution in [3.63, 3.8) is 0 Å². The molecule has 0 N–H and O–H groups in total. The molecule has 2 aliphatic rings. The number of rotatable bonds is 1. The van der Waals surface area contributed by atoms with Gasteiger partial charge in [0, 0.05) is 16.4 Å². The summed E-state index contributed by atoms with van der Waals surface area (Å²) in [5.74, 6) is 0. The lowest BCUT2D eigenvalue weighted by molar-refractivity contribution is 0.651. The lowest BCUT2D eigenvalue weighted by Crippen LogP contribution is -2.16. The molecule has 146 valence electrons. The third kappa shape index (κ3) is 2.50. The summed E-state index contributed by atoms with van der Waals surface area (Å²) < 4.78 is 0. The molecule has 4 aromatic rings. The van der Waals surface area contributed by atoms with Crippen molar-refractivity contribution in [2.45, 2.75) is 32.1 Å². The Hall–Kier alpha value is -2.97. The van der Waals surface area contributed by atoms with Gasteiger partial charge in [-0.2, -0.15) is 0 Å². The monoisotopic (exact) mass is 408 g/mol. The van der Waals surface area contributed by atoms with Crippen LogP contribution in [0.4, 0.5) is 0 Å². The summed E-state index contributed by atoms with van der Waals surface area (Å²) in [6.45, 7) is 4.65. The van der Waals surface area contributed by atoms with Gasteiger partial charge in [-0.25, -0.2) is 9.97 Å². The zero-order valence-corrected chi connectivity index (χ0v) is 17.8. The molecule has 0 saturated heterocycles. The first-order valence-corrected chi connectivity index (χ1v) is 10.8. The van der Waals surface area contributed by atoms with Crippen LogP contribution in [0, 0.1) is 0 Å². The first-order chi connectivity index (χ1) is 14.5. The van der Waals surface area contributed by atoms with E-state index in [-0.39, 0.29) is 10.7 Å². The average Bonchev–Trinajstić information content (AvgIpc) is 2.99. The van der Waals surface area contributed by atoms with Crippen LogP contribution in [0.15, 0.2) is 72.3 Å². The summed E-state index contributed by atoms with van der Waals surface area (Å²) >= 11 is 6.36. The Morgan fingerprint density at radius 3 is 2.57 bits per heavy atom. The van der Waals surface area contributed by atoms with Crippen LogP contribution in [0.2, 0.25) is 5.28 Å². The number of allylic oxidation sites excluding steroid dienone is 4. The molecular formula is C27H21ClN2. The second-order valence-corrected chi connectivity index (χ2v) is 9.11. The Morgan fingerprint density at radius 1 is 0.933 bits per heavy atom. The molecule has 3 aromatic carbocycles. The Labute approximate surface area is 180 Å². The van der Waals surface area contributed by atoms with Crippen molar-refractivity contribution in [1.82, 2.24) is 9.97 Å². The Kier molecular flexibility index (Phi) is 3.73. The molecule has 0 atom stereocenters. The first-order valence-electron chi connectivity index (χ1n) is 10.4. The lowest BCUT2D eigenvalue weighted by atomic mass is 9.80. The van der Waals surface area contributed by atoms with Gasteiger partial charge in [-0.05, 0) is 75.7 Å². The van der Waals surface area contributed by atoms with Gasteiger partial charge in [-0.1, -0.05) is 62.4 Å². The van der Waals surface area contributed by atoms with Gasteiger partial charge in [-0.15, -0.1) is 0 Å². The number of nitrogens with zero attached hydrogens (tertiary/aromatic N) is 2. The molecule has 0 aliphatic heterocycles. The molecule has 30 heavy (non-hydrogen) atoms. The number of hydrogen-bond donors (Lipinski definition) is 0. The van der Waals surface area contributed by atoms with E-state index in [2.05, 4.69) is 84.5 Å². The molecule has 1 aromatic heterocycles. The maximum atomic E-state index is 6.36. The standard InChI is InChI=1S/C27H21ClN2/c1-27(2)22-10-6-5-9-19(22)20-14-18(11-12-23(20)27)25-21-13-16-7-3-4-8-17(16)15-24(21)29-26(28)30-25/h3-4,6-8,10-15H,5,9H2,1-2H3. The highest BCUT2D eigenvalue weighted by molar-refractivity contribution is 6.29. The molecule has 0 saturated carbocycles. The summed E-state index contributed by atoms with van der Waals surface area (Å²) in [6.07, 6.45) is 6.83. The molecule has 2 nitrogen and oxygen atoms in total. The quantitative estimate of drug-likeness (QED) is 0.240. The van der Waals surface area contributed by atoms with E-state index in [1.165, 1.54) is 27.7 Å². The normalized spacial score (nSPS) is 16.9. The predicted octanol–water partition coefficient (Wildman–Crippen LogP) is 7.50. The molecule has 6 rings (SSSR count). The summed E-state index contributed by atoms with van der Waals surface area (Å²) in [6, 6.07) is 19.4. The number of fused-ring (bicyclic) bond motifs is 4. The summed E-state index contributed by atoms with van der Waals surface area (Å²) in [5.41, 5.74) is 8.62. The second kappa shape index (κ2) is 6.26. The van der Waals surface area contributed by atoms with Crippen LogP contribution >= 0.6 is 11.6 Å². The van der Waals surface area contributed by atoms with E-state index in [0.717, 1.165) is 40.4 Å². The fourth-order valence-electron chi connectivity index (χ4n) is 5.17. The number of halogens is 1. The van der Waals surface area contributed by atoms with Crippen LogP contribution in [0.25, 0.3) is 38.5 Å². The molecule has 3 heteroatoms. The number of aromatic nitrogens is 2. The van der Waals surface area contributed by atoms with E-state index >= 15 is 0 Å². The van der Waals surface area contributed by atoms with E-state index in [1.54, 1.807) is 0 Å². The van der Waals surface area contributed by atoms with E-state index in [4.69, 9.17) is 11.6 Å². The minimum absolute atomic E-state index is 0.0434. The van der Waals surface area contributed by atoms with E-state index in [1.807, 2.05) is 6.07 Å². The highest BCUT2D eigenvalue weighted by Crippen LogP contribution is 2.50. The van der Waals surface area contributed by atoms with Gasteiger partial charge < -0.3 is 0 Å². The Balaban J connectivity index is 1.62. The maximum Gasteiger partial charge on any atom is 0.223 e. The van der Waals surface area contributed by atoms with Gasteiger partial charge in [0.1, 0.15) is 0 Å². The Bertz CT molecular complexity index is 1430. The van der Waals surface area contributed by atoms with Crippen molar-refractivity contribution >= 4 is 38.8 Å². The van der Waals surface area contributed by atoms with Gasteiger partial charge in [0.2, 0.25) is 5.28 Å². The zero-order chi connectivity index (χ0) is 20.5. The predicted molar refractivity (Wildman–Crippen MR) is 126 cm³/mol. The van der Waals surface area contributed by atoms with Gasteiger partial charge >= 0.3 is 0 Å². The van der Waals surface area contributed by atoms with Crippen LogP contribution in [0.1, 0.15) is 37.8 Å².